The van der Waals surface area contributed by atoms with Gasteiger partial charge in [0.15, 0.2) is 9.84 Å². The summed E-state index contributed by atoms with van der Waals surface area (Å²) in [4.78, 5) is 16.7. The highest BCUT2D eigenvalue weighted by Crippen LogP contribution is 2.38. The summed E-state index contributed by atoms with van der Waals surface area (Å²) in [7, 11) is -0.423. The number of rotatable bonds is 8. The molecule has 1 heterocycles. The zero-order chi connectivity index (χ0) is 21.0. The van der Waals surface area contributed by atoms with E-state index < -0.39 is 15.7 Å². The lowest BCUT2D eigenvalue weighted by atomic mass is 10.2. The highest BCUT2D eigenvalue weighted by atomic mass is 32.2. The quantitative estimate of drug-likeness (QED) is 0.524. The fourth-order valence-corrected chi connectivity index (χ4v) is 4.78. The van der Waals surface area contributed by atoms with Crippen LogP contribution >= 0.6 is 11.3 Å². The van der Waals surface area contributed by atoms with E-state index in [0.717, 1.165) is 10.3 Å². The number of methoxy groups -OCH3 is 2. The van der Waals surface area contributed by atoms with E-state index in [9.17, 15) is 13.2 Å². The summed E-state index contributed by atoms with van der Waals surface area (Å²) >= 11 is 1.28. The van der Waals surface area contributed by atoms with Gasteiger partial charge in [0, 0.05) is 6.42 Å². The number of hydrogen-bond donors (Lipinski definition) is 2. The monoisotopic (exact) mass is 435 g/mol. The van der Waals surface area contributed by atoms with Crippen LogP contribution in [0.4, 0.5) is 5.13 Å². The number of nitrogens with one attached hydrogen (secondary N) is 2. The van der Waals surface area contributed by atoms with E-state index in [4.69, 9.17) is 9.47 Å². The van der Waals surface area contributed by atoms with Gasteiger partial charge in [0.1, 0.15) is 21.7 Å². The van der Waals surface area contributed by atoms with Crippen molar-refractivity contribution in [3.63, 3.8) is 0 Å². The summed E-state index contributed by atoms with van der Waals surface area (Å²) < 4.78 is 36.1. The Morgan fingerprint density at radius 3 is 2.38 bits per heavy atom. The van der Waals surface area contributed by atoms with Crippen molar-refractivity contribution in [2.75, 3.05) is 25.4 Å². The molecule has 0 fully saturated rings. The maximum absolute atomic E-state index is 12.3. The molecule has 2 aromatic carbocycles. The molecule has 3 rings (SSSR count). The molecule has 1 amide bonds. The first-order valence-corrected chi connectivity index (χ1v) is 11.2. The summed E-state index contributed by atoms with van der Waals surface area (Å²) in [5, 5.41) is 0.428. The third kappa shape index (κ3) is 4.77. The van der Waals surface area contributed by atoms with Crippen molar-refractivity contribution >= 4 is 42.4 Å². The van der Waals surface area contributed by atoms with Crippen LogP contribution in [-0.2, 0) is 14.6 Å². The number of hydrogen-bond acceptors (Lipinski definition) is 8. The number of anilines is 1. The molecule has 0 atom stereocenters. The Morgan fingerprint density at radius 2 is 1.72 bits per heavy atom. The first kappa shape index (κ1) is 20.9. The molecule has 0 aliphatic rings. The Kier molecular flexibility index (Phi) is 6.23. The van der Waals surface area contributed by atoms with Crippen LogP contribution in [-0.4, -0.2) is 39.3 Å². The second-order valence-corrected chi connectivity index (χ2v) is 9.33. The SMILES string of the molecule is COc1ccc(OC)c2sc(NNC(=O)CCS(=O)(=O)c3ccc(C)cc3)nc12. The number of hydrazine groups is 1. The van der Waals surface area contributed by atoms with Crippen LogP contribution in [0.3, 0.4) is 0 Å². The van der Waals surface area contributed by atoms with Crippen molar-refractivity contribution in [1.29, 1.82) is 0 Å². The van der Waals surface area contributed by atoms with E-state index >= 15 is 0 Å². The first-order valence-electron chi connectivity index (χ1n) is 8.70. The van der Waals surface area contributed by atoms with E-state index in [-0.39, 0.29) is 17.1 Å². The Bertz CT molecular complexity index is 1080. The fraction of sp³-hybridized carbons (Fsp3) is 0.263. The minimum absolute atomic E-state index is 0.180. The second-order valence-electron chi connectivity index (χ2n) is 6.22. The minimum atomic E-state index is -3.53. The van der Waals surface area contributed by atoms with Gasteiger partial charge < -0.3 is 9.47 Å². The van der Waals surface area contributed by atoms with Crippen LogP contribution in [0.1, 0.15) is 12.0 Å². The van der Waals surface area contributed by atoms with Crippen LogP contribution in [0.15, 0.2) is 41.3 Å². The smallest absolute Gasteiger partial charge is 0.239 e. The molecule has 2 N–H and O–H groups in total. The minimum Gasteiger partial charge on any atom is -0.495 e. The van der Waals surface area contributed by atoms with Gasteiger partial charge in [0.25, 0.3) is 0 Å². The summed E-state index contributed by atoms with van der Waals surface area (Å²) in [6.45, 7) is 1.88. The number of amides is 1. The molecule has 1 aromatic heterocycles. The molecule has 0 bridgehead atoms. The van der Waals surface area contributed by atoms with E-state index in [1.165, 1.54) is 11.3 Å². The summed E-state index contributed by atoms with van der Waals surface area (Å²) in [5.41, 5.74) is 6.78. The molecule has 3 aromatic rings. The number of benzene rings is 2. The van der Waals surface area contributed by atoms with Crippen LogP contribution in [0.5, 0.6) is 11.5 Å². The van der Waals surface area contributed by atoms with Gasteiger partial charge in [-0.2, -0.15) is 0 Å². The van der Waals surface area contributed by atoms with E-state index in [2.05, 4.69) is 15.8 Å². The van der Waals surface area contributed by atoms with Crippen molar-refractivity contribution in [3.8, 4) is 11.5 Å². The highest BCUT2D eigenvalue weighted by molar-refractivity contribution is 7.91. The number of aryl methyl sites for hydroxylation is 1. The van der Waals surface area contributed by atoms with Crippen LogP contribution in [0, 0.1) is 6.92 Å². The fourth-order valence-electron chi connectivity index (χ4n) is 2.62. The van der Waals surface area contributed by atoms with Gasteiger partial charge in [-0.1, -0.05) is 29.0 Å². The van der Waals surface area contributed by atoms with Crippen molar-refractivity contribution in [2.24, 2.45) is 0 Å². The second kappa shape index (κ2) is 8.66. The Labute approximate surface area is 172 Å². The van der Waals surface area contributed by atoms with Gasteiger partial charge in [-0.3, -0.25) is 15.6 Å². The lowest BCUT2D eigenvalue weighted by Crippen LogP contribution is -2.30. The first-order chi connectivity index (χ1) is 13.8. The number of fused-ring (bicyclic) bond motifs is 1. The van der Waals surface area contributed by atoms with Crippen molar-refractivity contribution < 1.29 is 22.7 Å². The Morgan fingerprint density at radius 1 is 1.07 bits per heavy atom. The standard InChI is InChI=1S/C19H21N3O5S2/c1-12-4-6-13(7-5-12)29(24,25)11-10-16(23)21-22-19-20-17-14(26-2)8-9-15(27-3)18(17)28-19/h4-9H,10-11H2,1-3H3,(H,20,22)(H,21,23). The molecule has 0 saturated heterocycles. The molecule has 0 saturated carbocycles. The number of ether oxygens (including phenoxy) is 2. The summed E-state index contributed by atoms with van der Waals surface area (Å²) in [6.07, 6.45) is -0.180. The average molecular weight is 436 g/mol. The summed E-state index contributed by atoms with van der Waals surface area (Å²) in [5.74, 6) is 0.479. The molecule has 8 nitrogen and oxygen atoms in total. The lowest BCUT2D eigenvalue weighted by molar-refractivity contribution is -0.120. The number of aromatic nitrogens is 1. The molecule has 10 heteroatoms. The molecule has 0 aliphatic heterocycles. The molecule has 0 radical (unpaired) electrons. The Balaban J connectivity index is 1.63. The van der Waals surface area contributed by atoms with Crippen LogP contribution in [0.25, 0.3) is 10.2 Å². The van der Waals surface area contributed by atoms with Crippen LogP contribution < -0.4 is 20.3 Å². The molecule has 0 spiro atoms. The van der Waals surface area contributed by atoms with Gasteiger partial charge in [-0.25, -0.2) is 13.4 Å². The van der Waals surface area contributed by atoms with Gasteiger partial charge in [-0.05, 0) is 31.2 Å². The zero-order valence-electron chi connectivity index (χ0n) is 16.2. The van der Waals surface area contributed by atoms with Gasteiger partial charge >= 0.3 is 0 Å². The molecular weight excluding hydrogens is 414 g/mol. The van der Waals surface area contributed by atoms with Crippen molar-refractivity contribution in [2.45, 2.75) is 18.2 Å². The maximum atomic E-state index is 12.3. The molecule has 0 aliphatic carbocycles. The molecule has 154 valence electrons. The summed E-state index contributed by atoms with van der Waals surface area (Å²) in [6, 6.07) is 10.1. The number of sulfone groups is 1. The van der Waals surface area contributed by atoms with E-state index in [1.807, 2.05) is 6.92 Å². The van der Waals surface area contributed by atoms with E-state index in [0.29, 0.717) is 22.1 Å². The number of nitrogens with zero attached hydrogens (tertiary/aromatic N) is 1. The lowest BCUT2D eigenvalue weighted by Gasteiger charge is -2.07. The highest BCUT2D eigenvalue weighted by Gasteiger charge is 2.17. The number of thiazole rings is 1. The topological polar surface area (TPSA) is 107 Å². The van der Waals surface area contributed by atoms with Crippen LogP contribution in [0.2, 0.25) is 0 Å². The van der Waals surface area contributed by atoms with Crippen molar-refractivity contribution in [3.05, 3.63) is 42.0 Å². The molecule has 29 heavy (non-hydrogen) atoms. The van der Waals surface area contributed by atoms with Crippen molar-refractivity contribution in [1.82, 2.24) is 10.4 Å². The van der Waals surface area contributed by atoms with Gasteiger partial charge in [0.05, 0.1) is 24.9 Å². The predicted octanol–water partition coefficient (Wildman–Crippen LogP) is 2.93. The van der Waals surface area contributed by atoms with E-state index in [1.54, 1.807) is 50.6 Å². The predicted molar refractivity (Wildman–Crippen MR) is 112 cm³/mol. The van der Waals surface area contributed by atoms with Gasteiger partial charge in [0.2, 0.25) is 11.0 Å². The third-order valence-electron chi connectivity index (χ3n) is 4.20. The Hall–Kier alpha value is -2.85. The zero-order valence-corrected chi connectivity index (χ0v) is 17.8. The largest absolute Gasteiger partial charge is 0.495 e. The average Bonchev–Trinajstić information content (AvgIpc) is 3.14. The number of carbonyl (C=O) groups excluding carboxylic acids is 1. The normalized spacial score (nSPS) is 11.3. The molecular formula is C19H21N3O5S2. The molecule has 0 unspecified atom stereocenters. The third-order valence-corrected chi connectivity index (χ3v) is 6.91. The number of carbonyl (C=O) groups is 1. The maximum Gasteiger partial charge on any atom is 0.239 e. The van der Waals surface area contributed by atoms with Gasteiger partial charge in [-0.15, -0.1) is 0 Å².